The summed E-state index contributed by atoms with van der Waals surface area (Å²) in [5, 5.41) is 13.3. The molecule has 0 amide bonds. The fourth-order valence-corrected chi connectivity index (χ4v) is 16.5. The third-order valence-corrected chi connectivity index (χ3v) is 17.7. The third kappa shape index (κ3) is 8.46. The standard InChI is InChI=1S/C64H56P2/c1-41-27-42(2)32-53(31-41)65(54-33-43(3)28-44(4)34-54)63-59(49-19-11-9-12-20-49)39-51-23-15-17-25-57(51)61(63)62-58-26-18-16-24-52(58)40-60(50-21-13-10-14-22-50)64(62)66(55-35-45(5)29-46(6)36-55)56-37-47(7)30-48(8)38-56/h9-40H,1-8H3. The van der Waals surface area contributed by atoms with Gasteiger partial charge in [0.2, 0.25) is 0 Å². The normalized spacial score (nSPS) is 11.6. The molecule has 66 heavy (non-hydrogen) atoms. The van der Waals surface area contributed by atoms with E-state index in [0.717, 1.165) is 0 Å². The van der Waals surface area contributed by atoms with E-state index in [1.165, 1.54) is 131 Å². The molecule has 2 heteroatoms. The summed E-state index contributed by atoms with van der Waals surface area (Å²) < 4.78 is 0. The van der Waals surface area contributed by atoms with Crippen LogP contribution in [0.5, 0.6) is 0 Å². The molecule has 0 aliphatic rings. The van der Waals surface area contributed by atoms with Gasteiger partial charge in [0.1, 0.15) is 0 Å². The van der Waals surface area contributed by atoms with Crippen LogP contribution >= 0.6 is 15.8 Å². The van der Waals surface area contributed by atoms with Crippen molar-refractivity contribution in [2.45, 2.75) is 55.4 Å². The molecular weight excluding hydrogens is 831 g/mol. The largest absolute Gasteiger partial charge is 0.0622 e. The van der Waals surface area contributed by atoms with Crippen molar-refractivity contribution in [3.8, 4) is 33.4 Å². The average molecular weight is 887 g/mol. The van der Waals surface area contributed by atoms with E-state index in [-0.39, 0.29) is 0 Å². The summed E-state index contributed by atoms with van der Waals surface area (Å²) in [5.41, 5.74) is 18.0. The smallest absolute Gasteiger partial charge is 0.00129 e. The fourth-order valence-electron chi connectivity index (χ4n) is 10.5. The highest BCUT2D eigenvalue weighted by Gasteiger charge is 2.33. The molecule has 0 aliphatic carbocycles. The minimum atomic E-state index is -1.15. The van der Waals surface area contributed by atoms with Gasteiger partial charge in [0.25, 0.3) is 0 Å². The Morgan fingerprint density at radius 1 is 0.258 bits per heavy atom. The SMILES string of the molecule is Cc1cc(C)cc(P(c2cc(C)cc(C)c2)c2c(-c3ccccc3)cc3ccccc3c2-c2c(P(c3cc(C)cc(C)c3)c3cc(C)cc(C)c3)c(-c3ccccc3)cc3ccccc23)c1. The maximum atomic E-state index is 2.50. The van der Waals surface area contributed by atoms with E-state index < -0.39 is 15.8 Å². The molecule has 0 spiro atoms. The topological polar surface area (TPSA) is 0 Å². The number of hydrogen-bond acceptors (Lipinski definition) is 0. The zero-order valence-corrected chi connectivity index (χ0v) is 41.2. The van der Waals surface area contributed by atoms with E-state index in [9.17, 15) is 0 Å². The van der Waals surface area contributed by atoms with E-state index in [1.807, 2.05) is 0 Å². The minimum absolute atomic E-state index is 1.15. The van der Waals surface area contributed by atoms with E-state index >= 15 is 0 Å². The highest BCUT2D eigenvalue weighted by Crippen LogP contribution is 2.50. The zero-order chi connectivity index (χ0) is 45.6. The average Bonchev–Trinajstić information content (AvgIpc) is 3.28. The summed E-state index contributed by atoms with van der Waals surface area (Å²) in [6, 6.07) is 75.0. The quantitative estimate of drug-likeness (QED) is 0.127. The van der Waals surface area contributed by atoms with E-state index in [1.54, 1.807) is 0 Å². The summed E-state index contributed by atoms with van der Waals surface area (Å²) in [4.78, 5) is 0. The van der Waals surface area contributed by atoms with Crippen LogP contribution in [0.15, 0.2) is 194 Å². The van der Waals surface area contributed by atoms with Crippen molar-refractivity contribution in [1.82, 2.24) is 0 Å². The molecule has 0 saturated carbocycles. The molecule has 0 aromatic heterocycles. The lowest BCUT2D eigenvalue weighted by Crippen LogP contribution is -2.29. The lowest BCUT2D eigenvalue weighted by atomic mass is 9.88. The van der Waals surface area contributed by atoms with Crippen LogP contribution in [0.2, 0.25) is 0 Å². The Morgan fingerprint density at radius 3 is 0.803 bits per heavy atom. The molecule has 10 aromatic carbocycles. The molecule has 0 N–H and O–H groups in total. The van der Waals surface area contributed by atoms with Crippen LogP contribution in [0, 0.1) is 55.4 Å². The molecule has 10 rings (SSSR count). The highest BCUT2D eigenvalue weighted by molar-refractivity contribution is 7.81. The monoisotopic (exact) mass is 886 g/mol. The van der Waals surface area contributed by atoms with Gasteiger partial charge in [-0.1, -0.05) is 226 Å². The fraction of sp³-hybridized carbons (Fsp3) is 0.125. The van der Waals surface area contributed by atoms with Gasteiger partial charge in [-0.25, -0.2) is 0 Å². The second-order valence-electron chi connectivity index (χ2n) is 18.5. The Labute approximate surface area is 394 Å². The Hall–Kier alpha value is -6.42. The maximum absolute atomic E-state index is 2.50. The molecular formula is C64H56P2. The Bertz CT molecular complexity index is 3040. The van der Waals surface area contributed by atoms with Gasteiger partial charge in [-0.15, -0.1) is 0 Å². The Kier molecular flexibility index (Phi) is 11.9. The van der Waals surface area contributed by atoms with Crippen molar-refractivity contribution in [2.24, 2.45) is 0 Å². The number of hydrogen-bond donors (Lipinski definition) is 0. The second-order valence-corrected chi connectivity index (χ2v) is 22.8. The first-order valence-corrected chi connectivity index (χ1v) is 25.8. The molecule has 0 heterocycles. The van der Waals surface area contributed by atoms with Crippen molar-refractivity contribution in [3.63, 3.8) is 0 Å². The van der Waals surface area contributed by atoms with Gasteiger partial charge in [-0.3, -0.25) is 0 Å². The summed E-state index contributed by atoms with van der Waals surface area (Å²) in [5.74, 6) is 0. The van der Waals surface area contributed by atoms with Crippen LogP contribution < -0.4 is 31.8 Å². The van der Waals surface area contributed by atoms with Crippen LogP contribution in [0.4, 0.5) is 0 Å². The molecule has 10 aromatic rings. The first kappa shape index (κ1) is 43.5. The molecule has 0 radical (unpaired) electrons. The van der Waals surface area contributed by atoms with Crippen LogP contribution in [-0.2, 0) is 0 Å². The van der Waals surface area contributed by atoms with E-state index in [2.05, 4.69) is 250 Å². The molecule has 0 fully saturated rings. The number of fused-ring (bicyclic) bond motifs is 2. The summed E-state index contributed by atoms with van der Waals surface area (Å²) >= 11 is 0. The van der Waals surface area contributed by atoms with Gasteiger partial charge >= 0.3 is 0 Å². The molecule has 0 unspecified atom stereocenters. The lowest BCUT2D eigenvalue weighted by Gasteiger charge is -2.32. The van der Waals surface area contributed by atoms with Crippen molar-refractivity contribution in [1.29, 1.82) is 0 Å². The lowest BCUT2D eigenvalue weighted by molar-refractivity contribution is 1.40. The van der Waals surface area contributed by atoms with Crippen LogP contribution in [0.3, 0.4) is 0 Å². The Morgan fingerprint density at radius 2 is 0.515 bits per heavy atom. The van der Waals surface area contributed by atoms with Gasteiger partial charge in [-0.05, 0) is 160 Å². The molecule has 322 valence electrons. The Balaban J connectivity index is 1.51. The predicted octanol–water partition coefficient (Wildman–Crippen LogP) is 15.0. The summed E-state index contributed by atoms with van der Waals surface area (Å²) in [6.45, 7) is 18.1. The van der Waals surface area contributed by atoms with Crippen LogP contribution in [-0.4, -0.2) is 0 Å². The van der Waals surface area contributed by atoms with Gasteiger partial charge in [0, 0.05) is 10.6 Å². The third-order valence-electron chi connectivity index (χ3n) is 12.8. The predicted molar refractivity (Wildman–Crippen MR) is 293 cm³/mol. The molecule has 0 aliphatic heterocycles. The number of rotatable bonds is 9. The van der Waals surface area contributed by atoms with E-state index in [0.29, 0.717) is 0 Å². The van der Waals surface area contributed by atoms with Crippen molar-refractivity contribution < 1.29 is 0 Å². The van der Waals surface area contributed by atoms with Crippen LogP contribution in [0.1, 0.15) is 44.5 Å². The molecule has 0 bridgehead atoms. The van der Waals surface area contributed by atoms with E-state index in [4.69, 9.17) is 0 Å². The van der Waals surface area contributed by atoms with Gasteiger partial charge in [0.15, 0.2) is 0 Å². The second kappa shape index (κ2) is 18.1. The summed E-state index contributed by atoms with van der Waals surface area (Å²) in [6.07, 6.45) is 0. The van der Waals surface area contributed by atoms with Gasteiger partial charge in [0.05, 0.1) is 0 Å². The first-order valence-electron chi connectivity index (χ1n) is 23.2. The molecule has 0 nitrogen and oxygen atoms in total. The number of benzene rings is 10. The number of aryl methyl sites for hydroxylation is 8. The molecule has 0 atom stereocenters. The zero-order valence-electron chi connectivity index (χ0n) is 39.4. The minimum Gasteiger partial charge on any atom is -0.0622 e. The van der Waals surface area contributed by atoms with Crippen molar-refractivity contribution in [3.05, 3.63) is 239 Å². The van der Waals surface area contributed by atoms with Crippen molar-refractivity contribution >= 4 is 69.2 Å². The van der Waals surface area contributed by atoms with Gasteiger partial charge < -0.3 is 0 Å². The van der Waals surface area contributed by atoms with Crippen molar-refractivity contribution in [2.75, 3.05) is 0 Å². The highest BCUT2D eigenvalue weighted by atomic mass is 31.1. The summed E-state index contributed by atoms with van der Waals surface area (Å²) in [7, 11) is -2.29. The maximum Gasteiger partial charge on any atom is 0.00129 e. The molecule has 0 saturated heterocycles. The van der Waals surface area contributed by atoms with Gasteiger partial charge in [-0.2, -0.15) is 0 Å². The first-order chi connectivity index (χ1) is 32.0. The van der Waals surface area contributed by atoms with Crippen LogP contribution in [0.25, 0.3) is 54.9 Å².